The number of hydrogen-bond acceptors (Lipinski definition) is 7. The molecule has 35 heavy (non-hydrogen) atoms. The van der Waals surface area contributed by atoms with Crippen LogP contribution in [0.5, 0.6) is 0 Å². The topological polar surface area (TPSA) is 112 Å². The first-order valence-corrected chi connectivity index (χ1v) is 11.3. The van der Waals surface area contributed by atoms with Gasteiger partial charge in [0.15, 0.2) is 5.82 Å². The zero-order valence-electron chi connectivity index (χ0n) is 19.3. The van der Waals surface area contributed by atoms with Crippen LogP contribution in [0.15, 0.2) is 65.7 Å². The van der Waals surface area contributed by atoms with Crippen LogP contribution in [0.3, 0.4) is 0 Å². The first-order chi connectivity index (χ1) is 17.0. The molecule has 0 bridgehead atoms. The van der Waals surface area contributed by atoms with E-state index in [4.69, 9.17) is 5.26 Å². The summed E-state index contributed by atoms with van der Waals surface area (Å²) in [6, 6.07) is 17.0. The van der Waals surface area contributed by atoms with Crippen LogP contribution in [-0.4, -0.2) is 51.3 Å². The van der Waals surface area contributed by atoms with Crippen LogP contribution in [-0.2, 0) is 11.3 Å². The molecule has 10 nitrogen and oxygen atoms in total. The normalized spacial score (nSPS) is 13.6. The molecule has 0 radical (unpaired) electrons. The summed E-state index contributed by atoms with van der Waals surface area (Å²) in [5.41, 5.74) is 3.48. The highest BCUT2D eigenvalue weighted by atomic mass is 16.2. The molecule has 10 heteroatoms. The summed E-state index contributed by atoms with van der Waals surface area (Å²) in [7, 11) is 0. The molecule has 1 amide bonds. The van der Waals surface area contributed by atoms with Crippen LogP contribution in [0.25, 0.3) is 5.65 Å². The molecule has 0 aliphatic carbocycles. The van der Waals surface area contributed by atoms with E-state index >= 15 is 0 Å². The van der Waals surface area contributed by atoms with Crippen molar-refractivity contribution in [1.29, 1.82) is 5.26 Å². The van der Waals surface area contributed by atoms with Crippen LogP contribution >= 0.6 is 0 Å². The van der Waals surface area contributed by atoms with Crippen molar-refractivity contribution in [2.75, 3.05) is 41.3 Å². The number of aromatic nitrogens is 4. The number of carbonyl (C=O) groups is 1. The summed E-state index contributed by atoms with van der Waals surface area (Å²) in [4.78, 5) is 34.4. The van der Waals surface area contributed by atoms with Gasteiger partial charge in [-0.15, -0.1) is 5.10 Å². The lowest BCUT2D eigenvalue weighted by Crippen LogP contribution is -2.47. The van der Waals surface area contributed by atoms with E-state index in [2.05, 4.69) is 56.4 Å². The van der Waals surface area contributed by atoms with Crippen molar-refractivity contribution in [3.05, 3.63) is 82.5 Å². The van der Waals surface area contributed by atoms with Gasteiger partial charge in [-0.3, -0.25) is 4.79 Å². The first-order valence-electron chi connectivity index (χ1n) is 11.3. The average molecular weight is 469 g/mol. The molecular weight excluding hydrogens is 444 g/mol. The minimum atomic E-state index is -0.406. The van der Waals surface area contributed by atoms with Crippen molar-refractivity contribution in [3.63, 3.8) is 0 Å². The second-order valence-corrected chi connectivity index (χ2v) is 8.43. The lowest BCUT2D eigenvalue weighted by atomic mass is 10.2. The summed E-state index contributed by atoms with van der Waals surface area (Å²) in [6.45, 7) is 4.96. The number of anilines is 3. The van der Waals surface area contributed by atoms with Gasteiger partial charge in [0.05, 0.1) is 11.6 Å². The molecule has 1 N–H and O–H groups in total. The lowest BCUT2D eigenvalue weighted by Gasteiger charge is -2.36. The standard InChI is InChI=1S/C25H24N8O2/c1-18-2-8-21(9-3-18)30-12-14-31(15-13-30)23-24-29-33(25(35)32(24)11-10-27-23)17-22(34)28-20-6-4-19(16-26)5-7-20/h2-11H,12-15,17H2,1H3,(H,28,34). The van der Waals surface area contributed by atoms with Crippen LogP contribution in [0, 0.1) is 18.3 Å². The quantitative estimate of drug-likeness (QED) is 0.477. The summed E-state index contributed by atoms with van der Waals surface area (Å²) in [5, 5.41) is 16.1. The van der Waals surface area contributed by atoms with Gasteiger partial charge in [0.2, 0.25) is 11.6 Å². The molecular formula is C25H24N8O2. The van der Waals surface area contributed by atoms with Crippen molar-refractivity contribution in [2.24, 2.45) is 0 Å². The maximum Gasteiger partial charge on any atom is 0.350 e. The third-order valence-corrected chi connectivity index (χ3v) is 6.05. The van der Waals surface area contributed by atoms with Gasteiger partial charge in [-0.05, 0) is 43.3 Å². The molecule has 1 aliphatic rings. The molecule has 1 fully saturated rings. The maximum atomic E-state index is 12.9. The fourth-order valence-electron chi connectivity index (χ4n) is 4.16. The van der Waals surface area contributed by atoms with E-state index in [1.165, 1.54) is 15.7 Å². The Morgan fingerprint density at radius 1 is 1.03 bits per heavy atom. The third-order valence-electron chi connectivity index (χ3n) is 6.05. The predicted molar refractivity (Wildman–Crippen MR) is 133 cm³/mol. The van der Waals surface area contributed by atoms with Crippen molar-refractivity contribution in [1.82, 2.24) is 19.2 Å². The number of nitriles is 1. The van der Waals surface area contributed by atoms with Crippen molar-refractivity contribution >= 4 is 28.7 Å². The SMILES string of the molecule is Cc1ccc(N2CCN(c3nccn4c(=O)n(CC(=O)Nc5ccc(C#N)cc5)nc34)CC2)cc1. The number of piperazine rings is 1. The van der Waals surface area contributed by atoms with Crippen LogP contribution in [0.1, 0.15) is 11.1 Å². The zero-order chi connectivity index (χ0) is 24.4. The van der Waals surface area contributed by atoms with Gasteiger partial charge in [-0.1, -0.05) is 17.7 Å². The zero-order valence-corrected chi connectivity index (χ0v) is 19.3. The Morgan fingerprint density at radius 3 is 2.40 bits per heavy atom. The Morgan fingerprint density at radius 2 is 1.71 bits per heavy atom. The molecule has 2 aromatic heterocycles. The van der Waals surface area contributed by atoms with Crippen LogP contribution in [0.4, 0.5) is 17.2 Å². The van der Waals surface area contributed by atoms with E-state index in [9.17, 15) is 9.59 Å². The molecule has 0 spiro atoms. The Hall–Kier alpha value is -4.65. The number of nitrogens with one attached hydrogen (secondary N) is 1. The van der Waals surface area contributed by atoms with Gasteiger partial charge in [-0.25, -0.2) is 18.9 Å². The number of hydrogen-bond donors (Lipinski definition) is 1. The molecule has 3 heterocycles. The Bertz CT molecular complexity index is 1460. The van der Waals surface area contributed by atoms with E-state index in [0.717, 1.165) is 30.9 Å². The van der Waals surface area contributed by atoms with Crippen molar-refractivity contribution < 1.29 is 4.79 Å². The molecule has 2 aromatic carbocycles. The highest BCUT2D eigenvalue weighted by Crippen LogP contribution is 2.21. The van der Waals surface area contributed by atoms with E-state index in [1.54, 1.807) is 36.7 Å². The number of aryl methyl sites for hydroxylation is 1. The molecule has 1 aliphatic heterocycles. The maximum absolute atomic E-state index is 12.9. The summed E-state index contributed by atoms with van der Waals surface area (Å²) in [5.74, 6) is 0.237. The van der Waals surface area contributed by atoms with Crippen molar-refractivity contribution in [2.45, 2.75) is 13.5 Å². The fraction of sp³-hybridized carbons (Fsp3) is 0.240. The second kappa shape index (κ2) is 9.30. The molecule has 0 atom stereocenters. The highest BCUT2D eigenvalue weighted by Gasteiger charge is 2.23. The second-order valence-electron chi connectivity index (χ2n) is 8.43. The third kappa shape index (κ3) is 4.56. The molecule has 5 rings (SSSR count). The summed E-state index contributed by atoms with van der Waals surface area (Å²) < 4.78 is 2.56. The minimum Gasteiger partial charge on any atom is -0.368 e. The Balaban J connectivity index is 1.31. The number of nitrogens with zero attached hydrogens (tertiary/aromatic N) is 7. The average Bonchev–Trinajstić information content (AvgIpc) is 3.20. The number of rotatable bonds is 5. The molecule has 1 saturated heterocycles. The van der Waals surface area contributed by atoms with Gasteiger partial charge < -0.3 is 15.1 Å². The fourth-order valence-corrected chi connectivity index (χ4v) is 4.16. The molecule has 4 aromatic rings. The van der Waals surface area contributed by atoms with Gasteiger partial charge in [-0.2, -0.15) is 5.26 Å². The lowest BCUT2D eigenvalue weighted by molar-refractivity contribution is -0.117. The van der Waals surface area contributed by atoms with E-state index < -0.39 is 5.69 Å². The number of benzene rings is 2. The number of amides is 1. The van der Waals surface area contributed by atoms with Crippen LogP contribution < -0.4 is 20.8 Å². The van der Waals surface area contributed by atoms with E-state index in [1.807, 2.05) is 6.07 Å². The number of fused-ring (bicyclic) bond motifs is 1. The smallest absolute Gasteiger partial charge is 0.350 e. The van der Waals surface area contributed by atoms with Gasteiger partial charge >= 0.3 is 5.69 Å². The largest absolute Gasteiger partial charge is 0.368 e. The molecule has 0 saturated carbocycles. The summed E-state index contributed by atoms with van der Waals surface area (Å²) >= 11 is 0. The van der Waals surface area contributed by atoms with Crippen molar-refractivity contribution in [3.8, 4) is 6.07 Å². The van der Waals surface area contributed by atoms with E-state index in [-0.39, 0.29) is 12.5 Å². The predicted octanol–water partition coefficient (Wildman–Crippen LogP) is 2.04. The minimum absolute atomic E-state index is 0.235. The van der Waals surface area contributed by atoms with Gasteiger partial charge in [0.1, 0.15) is 6.54 Å². The highest BCUT2D eigenvalue weighted by molar-refractivity contribution is 5.90. The number of carbonyl (C=O) groups excluding carboxylic acids is 1. The van der Waals surface area contributed by atoms with Gasteiger partial charge in [0, 0.05) is 49.9 Å². The Labute approximate surface area is 201 Å². The summed E-state index contributed by atoms with van der Waals surface area (Å²) in [6.07, 6.45) is 3.14. The Kier molecular flexibility index (Phi) is 5.89. The van der Waals surface area contributed by atoms with Crippen LogP contribution in [0.2, 0.25) is 0 Å². The molecule has 176 valence electrons. The van der Waals surface area contributed by atoms with E-state index in [0.29, 0.717) is 22.7 Å². The van der Waals surface area contributed by atoms with Gasteiger partial charge in [0.25, 0.3) is 0 Å². The monoisotopic (exact) mass is 468 g/mol. The molecule has 0 unspecified atom stereocenters. The first kappa shape index (κ1) is 22.2.